The van der Waals surface area contributed by atoms with Gasteiger partial charge in [0.25, 0.3) is 5.91 Å². The number of anilines is 1. The third-order valence-electron chi connectivity index (χ3n) is 4.04. The van der Waals surface area contributed by atoms with E-state index in [-0.39, 0.29) is 30.8 Å². The number of ether oxygens (including phenoxy) is 1. The number of urea groups is 1. The van der Waals surface area contributed by atoms with Crippen molar-refractivity contribution in [2.45, 2.75) is 20.3 Å². The standard InChI is InChI=1S/C18H25N3O5/c1-12(2)11-20(8-6-16(22)23)17(24)13-4-5-15(26-3)14(10-13)21-9-7-19-18(21)25/h4-5,10,12H,6-9,11H2,1-3H3,(H,19,25)(H,22,23). The van der Waals surface area contributed by atoms with E-state index in [0.717, 1.165) is 0 Å². The number of nitrogens with zero attached hydrogens (tertiary/aromatic N) is 2. The number of methoxy groups -OCH3 is 1. The lowest BCUT2D eigenvalue weighted by Gasteiger charge is -2.25. The van der Waals surface area contributed by atoms with Gasteiger partial charge < -0.3 is 20.1 Å². The number of nitrogens with one attached hydrogen (secondary N) is 1. The average molecular weight is 363 g/mol. The monoisotopic (exact) mass is 363 g/mol. The van der Waals surface area contributed by atoms with Crippen LogP contribution in [0.25, 0.3) is 0 Å². The van der Waals surface area contributed by atoms with Gasteiger partial charge in [-0.3, -0.25) is 14.5 Å². The fourth-order valence-electron chi connectivity index (χ4n) is 2.87. The second kappa shape index (κ2) is 8.55. The summed E-state index contributed by atoms with van der Waals surface area (Å²) in [5, 5.41) is 11.6. The molecular weight excluding hydrogens is 338 g/mol. The molecule has 0 aromatic heterocycles. The first-order valence-corrected chi connectivity index (χ1v) is 8.58. The van der Waals surface area contributed by atoms with Gasteiger partial charge in [-0.25, -0.2) is 4.79 Å². The number of aliphatic carboxylic acids is 1. The van der Waals surface area contributed by atoms with Crippen LogP contribution in [-0.2, 0) is 4.79 Å². The van der Waals surface area contributed by atoms with Crippen LogP contribution in [0, 0.1) is 5.92 Å². The van der Waals surface area contributed by atoms with Crippen molar-refractivity contribution in [3.63, 3.8) is 0 Å². The van der Waals surface area contributed by atoms with Crippen molar-refractivity contribution < 1.29 is 24.2 Å². The van der Waals surface area contributed by atoms with E-state index < -0.39 is 5.97 Å². The fourth-order valence-corrected chi connectivity index (χ4v) is 2.87. The van der Waals surface area contributed by atoms with Crippen LogP contribution < -0.4 is 15.0 Å². The molecule has 0 saturated carbocycles. The van der Waals surface area contributed by atoms with Gasteiger partial charge in [-0.15, -0.1) is 0 Å². The number of amides is 3. The van der Waals surface area contributed by atoms with E-state index in [2.05, 4.69) is 5.32 Å². The smallest absolute Gasteiger partial charge is 0.322 e. The maximum atomic E-state index is 12.9. The largest absolute Gasteiger partial charge is 0.495 e. The summed E-state index contributed by atoms with van der Waals surface area (Å²) in [7, 11) is 1.51. The van der Waals surface area contributed by atoms with Crippen LogP contribution in [0.5, 0.6) is 5.75 Å². The van der Waals surface area contributed by atoms with Crippen molar-refractivity contribution in [2.24, 2.45) is 5.92 Å². The number of rotatable bonds is 8. The van der Waals surface area contributed by atoms with Crippen molar-refractivity contribution in [2.75, 3.05) is 38.2 Å². The van der Waals surface area contributed by atoms with E-state index in [1.165, 1.54) is 16.9 Å². The van der Waals surface area contributed by atoms with Crippen LogP contribution in [0.3, 0.4) is 0 Å². The Balaban J connectivity index is 2.30. The Morgan fingerprint density at radius 3 is 2.65 bits per heavy atom. The first-order chi connectivity index (χ1) is 12.3. The first kappa shape index (κ1) is 19.6. The SMILES string of the molecule is COc1ccc(C(=O)N(CCC(=O)O)CC(C)C)cc1N1CCNC1=O. The summed E-state index contributed by atoms with van der Waals surface area (Å²) in [6.07, 6.45) is -0.115. The molecule has 142 valence electrons. The van der Waals surface area contributed by atoms with Crippen molar-refractivity contribution >= 4 is 23.6 Å². The van der Waals surface area contributed by atoms with Gasteiger partial charge in [0.2, 0.25) is 0 Å². The molecular formula is C18H25N3O5. The lowest BCUT2D eigenvalue weighted by atomic mass is 10.1. The van der Waals surface area contributed by atoms with E-state index >= 15 is 0 Å². The van der Waals surface area contributed by atoms with Gasteiger partial charge in [0, 0.05) is 31.7 Å². The highest BCUT2D eigenvalue weighted by Gasteiger charge is 2.26. The summed E-state index contributed by atoms with van der Waals surface area (Å²) in [6.45, 7) is 5.54. The molecule has 3 amide bonds. The average Bonchev–Trinajstić information content (AvgIpc) is 3.02. The molecule has 2 rings (SSSR count). The number of hydrogen-bond acceptors (Lipinski definition) is 4. The van der Waals surface area contributed by atoms with Crippen LogP contribution in [0.2, 0.25) is 0 Å². The second-order valence-electron chi connectivity index (χ2n) is 6.56. The van der Waals surface area contributed by atoms with E-state index in [4.69, 9.17) is 9.84 Å². The van der Waals surface area contributed by atoms with Gasteiger partial charge in [-0.2, -0.15) is 0 Å². The Morgan fingerprint density at radius 1 is 1.38 bits per heavy atom. The molecule has 0 aliphatic carbocycles. The second-order valence-corrected chi connectivity index (χ2v) is 6.56. The Kier molecular flexibility index (Phi) is 6.43. The Morgan fingerprint density at radius 2 is 2.12 bits per heavy atom. The summed E-state index contributed by atoms with van der Waals surface area (Å²) in [6, 6.07) is 4.67. The van der Waals surface area contributed by atoms with Crippen LogP contribution in [0.15, 0.2) is 18.2 Å². The number of carbonyl (C=O) groups excluding carboxylic acids is 2. The Hall–Kier alpha value is -2.77. The molecule has 2 N–H and O–H groups in total. The number of carboxylic acids is 1. The molecule has 0 unspecified atom stereocenters. The van der Waals surface area contributed by atoms with Gasteiger partial charge in [-0.1, -0.05) is 13.8 Å². The zero-order valence-electron chi connectivity index (χ0n) is 15.3. The molecule has 1 heterocycles. The Bertz CT molecular complexity index is 689. The maximum Gasteiger partial charge on any atom is 0.322 e. The topological polar surface area (TPSA) is 99.2 Å². The summed E-state index contributed by atoms with van der Waals surface area (Å²) >= 11 is 0. The molecule has 8 heteroatoms. The quantitative estimate of drug-likeness (QED) is 0.734. The molecule has 0 radical (unpaired) electrons. The molecule has 0 spiro atoms. The number of benzene rings is 1. The van der Waals surface area contributed by atoms with Gasteiger partial charge in [0.05, 0.1) is 19.2 Å². The highest BCUT2D eigenvalue weighted by atomic mass is 16.5. The predicted molar refractivity (Wildman–Crippen MR) is 96.7 cm³/mol. The highest BCUT2D eigenvalue weighted by Crippen LogP contribution is 2.31. The van der Waals surface area contributed by atoms with E-state index in [1.807, 2.05) is 13.8 Å². The molecule has 26 heavy (non-hydrogen) atoms. The number of carbonyl (C=O) groups is 3. The summed E-state index contributed by atoms with van der Waals surface area (Å²) < 4.78 is 5.32. The summed E-state index contributed by atoms with van der Waals surface area (Å²) in [4.78, 5) is 38.8. The van der Waals surface area contributed by atoms with Crippen LogP contribution in [-0.4, -0.2) is 61.2 Å². The first-order valence-electron chi connectivity index (χ1n) is 8.58. The minimum absolute atomic E-state index is 0.115. The van der Waals surface area contributed by atoms with Gasteiger partial charge in [0.15, 0.2) is 0 Å². The van der Waals surface area contributed by atoms with Crippen LogP contribution in [0.4, 0.5) is 10.5 Å². The number of hydrogen-bond donors (Lipinski definition) is 2. The predicted octanol–water partition coefficient (Wildman–Crippen LogP) is 1.80. The zero-order valence-corrected chi connectivity index (χ0v) is 15.3. The molecule has 1 aliphatic rings. The van der Waals surface area contributed by atoms with Gasteiger partial charge >= 0.3 is 12.0 Å². The van der Waals surface area contributed by atoms with Gasteiger partial charge in [-0.05, 0) is 24.1 Å². The third-order valence-corrected chi connectivity index (χ3v) is 4.04. The molecule has 1 aromatic rings. The normalized spacial score (nSPS) is 13.7. The molecule has 1 aromatic carbocycles. The lowest BCUT2D eigenvalue weighted by molar-refractivity contribution is -0.137. The summed E-state index contributed by atoms with van der Waals surface area (Å²) in [5.74, 6) is -0.506. The van der Waals surface area contributed by atoms with E-state index in [9.17, 15) is 14.4 Å². The van der Waals surface area contributed by atoms with Crippen molar-refractivity contribution in [1.29, 1.82) is 0 Å². The van der Waals surface area contributed by atoms with Crippen LogP contribution >= 0.6 is 0 Å². The Labute approximate surface area is 152 Å². The van der Waals surface area contributed by atoms with E-state index in [0.29, 0.717) is 36.6 Å². The zero-order chi connectivity index (χ0) is 19.3. The molecule has 0 atom stereocenters. The molecule has 1 fully saturated rings. The highest BCUT2D eigenvalue weighted by molar-refractivity contribution is 6.00. The minimum Gasteiger partial charge on any atom is -0.495 e. The number of carboxylic acid groups (broad SMARTS) is 1. The molecule has 8 nitrogen and oxygen atoms in total. The van der Waals surface area contributed by atoms with Crippen molar-refractivity contribution in [3.05, 3.63) is 23.8 Å². The molecule has 1 saturated heterocycles. The van der Waals surface area contributed by atoms with E-state index in [1.54, 1.807) is 18.2 Å². The van der Waals surface area contributed by atoms with Gasteiger partial charge in [0.1, 0.15) is 5.75 Å². The van der Waals surface area contributed by atoms with Crippen LogP contribution in [0.1, 0.15) is 30.6 Å². The maximum absolute atomic E-state index is 12.9. The lowest BCUT2D eigenvalue weighted by Crippen LogP contribution is -2.36. The molecule has 0 bridgehead atoms. The summed E-state index contributed by atoms with van der Waals surface area (Å²) in [5.41, 5.74) is 0.919. The molecule has 1 aliphatic heterocycles. The third kappa shape index (κ3) is 4.65. The van der Waals surface area contributed by atoms with Crippen molar-refractivity contribution in [1.82, 2.24) is 10.2 Å². The minimum atomic E-state index is -0.948. The van der Waals surface area contributed by atoms with Crippen molar-refractivity contribution in [3.8, 4) is 5.75 Å². The fraction of sp³-hybridized carbons (Fsp3) is 0.500.